The van der Waals surface area contributed by atoms with Crippen molar-refractivity contribution >= 4 is 5.91 Å². The van der Waals surface area contributed by atoms with Crippen LogP contribution in [0, 0.1) is 17.8 Å². The molecule has 0 aromatic carbocycles. The van der Waals surface area contributed by atoms with E-state index in [0.29, 0.717) is 17.7 Å². The first-order chi connectivity index (χ1) is 6.72. The highest BCUT2D eigenvalue weighted by molar-refractivity contribution is 5.78. The predicted octanol–water partition coefficient (Wildman–Crippen LogP) is 0.840. The van der Waals surface area contributed by atoms with Gasteiger partial charge in [0.2, 0.25) is 5.91 Å². The van der Waals surface area contributed by atoms with Crippen LogP contribution in [-0.4, -0.2) is 30.9 Å². The van der Waals surface area contributed by atoms with Crippen molar-refractivity contribution in [1.29, 1.82) is 0 Å². The number of carbonyl (C=O) groups is 1. The Kier molecular flexibility index (Phi) is 2.77. The molecule has 2 N–H and O–H groups in total. The lowest BCUT2D eigenvalue weighted by Crippen LogP contribution is -2.35. The molecule has 80 valence electrons. The number of carbonyl (C=O) groups excluding carboxylic acids is 1. The summed E-state index contributed by atoms with van der Waals surface area (Å²) in [6.07, 6.45) is 4.75. The van der Waals surface area contributed by atoms with Gasteiger partial charge in [0, 0.05) is 20.0 Å². The van der Waals surface area contributed by atoms with Gasteiger partial charge in [0.25, 0.3) is 0 Å². The van der Waals surface area contributed by atoms with E-state index in [1.165, 1.54) is 19.3 Å². The molecule has 3 nitrogen and oxygen atoms in total. The van der Waals surface area contributed by atoms with Crippen molar-refractivity contribution in [1.82, 2.24) is 4.90 Å². The molecule has 0 spiro atoms. The third kappa shape index (κ3) is 1.65. The van der Waals surface area contributed by atoms with E-state index in [0.717, 1.165) is 25.4 Å². The summed E-state index contributed by atoms with van der Waals surface area (Å²) >= 11 is 0. The summed E-state index contributed by atoms with van der Waals surface area (Å²) in [5.41, 5.74) is 5.82. The number of nitrogens with two attached hydrogens (primary N) is 1. The van der Waals surface area contributed by atoms with Crippen LogP contribution in [-0.2, 0) is 4.79 Å². The van der Waals surface area contributed by atoms with E-state index in [1.54, 1.807) is 0 Å². The number of likely N-dealkylation sites (tertiary alicyclic amines) is 1. The summed E-state index contributed by atoms with van der Waals surface area (Å²) in [4.78, 5) is 13.3. The third-order valence-corrected chi connectivity index (χ3v) is 4.00. The Morgan fingerprint density at radius 3 is 2.57 bits per heavy atom. The molecule has 0 aromatic rings. The molecule has 0 radical (unpaired) electrons. The van der Waals surface area contributed by atoms with Crippen molar-refractivity contribution in [2.45, 2.75) is 25.7 Å². The molecule has 1 amide bonds. The molecule has 0 bridgehead atoms. The number of rotatable bonds is 3. The van der Waals surface area contributed by atoms with Crippen LogP contribution in [0.4, 0.5) is 0 Å². The van der Waals surface area contributed by atoms with E-state index in [2.05, 4.69) is 0 Å². The van der Waals surface area contributed by atoms with Gasteiger partial charge in [-0.05, 0) is 24.3 Å². The second-order valence-electron chi connectivity index (χ2n) is 4.83. The van der Waals surface area contributed by atoms with E-state index < -0.39 is 0 Å². The third-order valence-electron chi connectivity index (χ3n) is 4.00. The number of hydrogen-bond acceptors (Lipinski definition) is 2. The Morgan fingerprint density at radius 1 is 1.50 bits per heavy atom. The van der Waals surface area contributed by atoms with Crippen LogP contribution < -0.4 is 5.73 Å². The topological polar surface area (TPSA) is 46.3 Å². The molecule has 2 atom stereocenters. The van der Waals surface area contributed by atoms with Gasteiger partial charge in [0.15, 0.2) is 0 Å². The summed E-state index contributed by atoms with van der Waals surface area (Å²) in [5, 5.41) is 0. The van der Waals surface area contributed by atoms with Crippen molar-refractivity contribution in [3.8, 4) is 0 Å². The molecule has 1 aliphatic carbocycles. The molecule has 3 heteroatoms. The minimum atomic E-state index is 0.299. The van der Waals surface area contributed by atoms with Crippen LogP contribution >= 0.6 is 0 Å². The zero-order valence-corrected chi connectivity index (χ0v) is 8.91. The molecule has 1 saturated heterocycles. The van der Waals surface area contributed by atoms with E-state index in [9.17, 15) is 4.79 Å². The van der Waals surface area contributed by atoms with Gasteiger partial charge in [-0.1, -0.05) is 19.3 Å². The van der Waals surface area contributed by atoms with Crippen LogP contribution in [0.1, 0.15) is 25.7 Å². The summed E-state index contributed by atoms with van der Waals surface area (Å²) < 4.78 is 0. The maximum absolute atomic E-state index is 11.4. The predicted molar refractivity (Wildman–Crippen MR) is 55.6 cm³/mol. The monoisotopic (exact) mass is 196 g/mol. The molecule has 1 aliphatic heterocycles. The van der Waals surface area contributed by atoms with Gasteiger partial charge in [-0.3, -0.25) is 4.79 Å². The van der Waals surface area contributed by atoms with Crippen molar-refractivity contribution in [3.05, 3.63) is 0 Å². The van der Waals surface area contributed by atoms with E-state index in [1.807, 2.05) is 11.9 Å². The highest BCUT2D eigenvalue weighted by Crippen LogP contribution is 2.39. The maximum atomic E-state index is 11.4. The van der Waals surface area contributed by atoms with Gasteiger partial charge < -0.3 is 10.6 Å². The molecule has 0 aromatic heterocycles. The number of amides is 1. The molecule has 1 heterocycles. The normalized spacial score (nSPS) is 30.6. The van der Waals surface area contributed by atoms with Crippen molar-refractivity contribution in [2.75, 3.05) is 20.1 Å². The highest BCUT2D eigenvalue weighted by Gasteiger charge is 2.37. The average molecular weight is 196 g/mol. The molecule has 14 heavy (non-hydrogen) atoms. The van der Waals surface area contributed by atoms with Gasteiger partial charge in [-0.25, -0.2) is 0 Å². The van der Waals surface area contributed by atoms with Crippen LogP contribution in [0.25, 0.3) is 0 Å². The second kappa shape index (κ2) is 3.89. The Labute approximate surface area is 85.6 Å². The largest absolute Gasteiger partial charge is 0.345 e. The second-order valence-corrected chi connectivity index (χ2v) is 4.83. The zero-order valence-electron chi connectivity index (χ0n) is 8.91. The van der Waals surface area contributed by atoms with Gasteiger partial charge in [-0.2, -0.15) is 0 Å². The van der Waals surface area contributed by atoms with Crippen LogP contribution in [0.5, 0.6) is 0 Å². The van der Waals surface area contributed by atoms with Gasteiger partial charge in [0.05, 0.1) is 0 Å². The fourth-order valence-electron chi connectivity index (χ4n) is 2.82. The fourth-order valence-corrected chi connectivity index (χ4v) is 2.82. The fraction of sp³-hybridized carbons (Fsp3) is 0.909. The van der Waals surface area contributed by atoms with E-state index >= 15 is 0 Å². The van der Waals surface area contributed by atoms with Crippen molar-refractivity contribution in [2.24, 2.45) is 23.5 Å². The Bertz CT molecular complexity index is 225. The first-order valence-corrected chi connectivity index (χ1v) is 5.66. The Morgan fingerprint density at radius 2 is 2.21 bits per heavy atom. The zero-order chi connectivity index (χ0) is 10.1. The molecule has 2 unspecified atom stereocenters. The first kappa shape index (κ1) is 9.97. The molecular weight excluding hydrogens is 176 g/mol. The Hall–Kier alpha value is -0.570. The van der Waals surface area contributed by atoms with Gasteiger partial charge in [0.1, 0.15) is 0 Å². The lowest BCUT2D eigenvalue weighted by Gasteiger charge is -2.36. The highest BCUT2D eigenvalue weighted by atomic mass is 16.2. The van der Waals surface area contributed by atoms with Gasteiger partial charge in [-0.15, -0.1) is 0 Å². The standard InChI is InChI=1S/C11H20N2O/c1-13-7-9(5-11(13)14)10(6-12)8-3-2-4-8/h8-10H,2-7,12H2,1H3. The van der Waals surface area contributed by atoms with Gasteiger partial charge >= 0.3 is 0 Å². The maximum Gasteiger partial charge on any atom is 0.222 e. The molecular formula is C11H20N2O. The summed E-state index contributed by atoms with van der Waals surface area (Å²) in [6.45, 7) is 1.69. The van der Waals surface area contributed by atoms with Crippen LogP contribution in [0.15, 0.2) is 0 Å². The van der Waals surface area contributed by atoms with E-state index in [4.69, 9.17) is 5.73 Å². The molecule has 2 rings (SSSR count). The lowest BCUT2D eigenvalue weighted by molar-refractivity contribution is -0.126. The quantitative estimate of drug-likeness (QED) is 0.727. The molecule has 2 aliphatic rings. The van der Waals surface area contributed by atoms with Crippen LogP contribution in [0.3, 0.4) is 0 Å². The summed E-state index contributed by atoms with van der Waals surface area (Å²) in [6, 6.07) is 0. The SMILES string of the molecule is CN1CC(C(CN)C2CCC2)CC1=O. The lowest BCUT2D eigenvalue weighted by atomic mass is 9.70. The minimum absolute atomic E-state index is 0.299. The van der Waals surface area contributed by atoms with Crippen molar-refractivity contribution in [3.63, 3.8) is 0 Å². The summed E-state index contributed by atoms with van der Waals surface area (Å²) in [7, 11) is 1.90. The number of hydrogen-bond donors (Lipinski definition) is 1. The Balaban J connectivity index is 1.95. The first-order valence-electron chi connectivity index (χ1n) is 5.66. The summed E-state index contributed by atoms with van der Waals surface area (Å²) in [5.74, 6) is 2.23. The van der Waals surface area contributed by atoms with E-state index in [-0.39, 0.29) is 0 Å². The minimum Gasteiger partial charge on any atom is -0.345 e. The number of nitrogens with zero attached hydrogens (tertiary/aromatic N) is 1. The van der Waals surface area contributed by atoms with Crippen LogP contribution in [0.2, 0.25) is 0 Å². The van der Waals surface area contributed by atoms with Crippen molar-refractivity contribution < 1.29 is 4.79 Å². The molecule has 2 fully saturated rings. The smallest absolute Gasteiger partial charge is 0.222 e. The molecule has 1 saturated carbocycles. The average Bonchev–Trinajstić information content (AvgIpc) is 2.39.